The molecule has 1 aliphatic heterocycles. The van der Waals surface area contributed by atoms with Crippen molar-refractivity contribution < 1.29 is 23.8 Å². The lowest BCUT2D eigenvalue weighted by Crippen LogP contribution is -2.30. The Morgan fingerprint density at radius 1 is 1.12 bits per heavy atom. The standard InChI is InChI=1S/C25H21N3O5/c1-13-7-9-18(32-3)15(11-13)22(29)20-21(19-5-4-10-33-19)28(24(31)23(20)30)25-26-16-8-6-14(2)12-17(16)27-25/h4-12,21,29H,1-3H3,(H,26,27)/b22-20+. The molecule has 2 N–H and O–H groups in total. The Morgan fingerprint density at radius 2 is 1.88 bits per heavy atom. The summed E-state index contributed by atoms with van der Waals surface area (Å²) in [5, 5.41) is 11.3. The summed E-state index contributed by atoms with van der Waals surface area (Å²) in [5.41, 5.74) is 3.46. The minimum absolute atomic E-state index is 0.101. The summed E-state index contributed by atoms with van der Waals surface area (Å²) < 4.78 is 11.0. The molecule has 1 saturated heterocycles. The van der Waals surface area contributed by atoms with Crippen molar-refractivity contribution in [3.63, 3.8) is 0 Å². The highest BCUT2D eigenvalue weighted by Gasteiger charge is 2.49. The SMILES string of the molecule is COc1ccc(C)cc1/C(O)=C1\C(=O)C(=O)N(c2nc3ccc(C)cc3[nH]2)C1c1ccco1. The van der Waals surface area contributed by atoms with Crippen molar-refractivity contribution in [2.75, 3.05) is 12.0 Å². The Morgan fingerprint density at radius 3 is 2.61 bits per heavy atom. The number of furan rings is 1. The van der Waals surface area contributed by atoms with Gasteiger partial charge in [-0.15, -0.1) is 0 Å². The summed E-state index contributed by atoms with van der Waals surface area (Å²) in [6.07, 6.45) is 1.45. The highest BCUT2D eigenvalue weighted by atomic mass is 16.5. The van der Waals surface area contributed by atoms with E-state index in [0.29, 0.717) is 22.6 Å². The first-order valence-corrected chi connectivity index (χ1v) is 10.3. The van der Waals surface area contributed by atoms with Crippen LogP contribution in [0.2, 0.25) is 0 Å². The van der Waals surface area contributed by atoms with Crippen LogP contribution in [0.5, 0.6) is 5.75 Å². The average Bonchev–Trinajstić information content (AvgIpc) is 3.52. The van der Waals surface area contributed by atoms with E-state index in [1.54, 1.807) is 24.3 Å². The van der Waals surface area contributed by atoms with E-state index in [0.717, 1.165) is 16.6 Å². The van der Waals surface area contributed by atoms with Gasteiger partial charge >= 0.3 is 5.91 Å². The second-order valence-corrected chi connectivity index (χ2v) is 7.97. The van der Waals surface area contributed by atoms with E-state index >= 15 is 0 Å². The van der Waals surface area contributed by atoms with Crippen LogP contribution >= 0.6 is 0 Å². The Bertz CT molecular complexity index is 1430. The lowest BCUT2D eigenvalue weighted by Gasteiger charge is -2.21. The third-order valence-electron chi connectivity index (χ3n) is 5.72. The van der Waals surface area contributed by atoms with Crippen molar-refractivity contribution in [3.05, 3.63) is 82.8 Å². The quantitative estimate of drug-likeness (QED) is 0.275. The van der Waals surface area contributed by atoms with Crippen LogP contribution in [-0.4, -0.2) is 33.9 Å². The summed E-state index contributed by atoms with van der Waals surface area (Å²) >= 11 is 0. The molecule has 2 aromatic carbocycles. The summed E-state index contributed by atoms with van der Waals surface area (Å²) in [6, 6.07) is 13.2. The molecule has 5 rings (SSSR count). The van der Waals surface area contributed by atoms with Gasteiger partial charge in [0.05, 0.1) is 35.5 Å². The number of aliphatic hydroxyl groups is 1. The highest BCUT2D eigenvalue weighted by molar-refractivity contribution is 6.51. The van der Waals surface area contributed by atoms with Crippen LogP contribution in [0, 0.1) is 13.8 Å². The molecule has 0 spiro atoms. The minimum atomic E-state index is -1.01. The molecule has 8 nitrogen and oxygen atoms in total. The number of benzene rings is 2. The van der Waals surface area contributed by atoms with Crippen LogP contribution in [0.3, 0.4) is 0 Å². The number of amides is 1. The second kappa shape index (κ2) is 7.67. The van der Waals surface area contributed by atoms with E-state index in [1.165, 1.54) is 18.3 Å². The van der Waals surface area contributed by atoms with E-state index in [-0.39, 0.29) is 17.3 Å². The van der Waals surface area contributed by atoms with Crippen LogP contribution in [-0.2, 0) is 9.59 Å². The zero-order valence-corrected chi connectivity index (χ0v) is 18.2. The second-order valence-electron chi connectivity index (χ2n) is 7.97. The molecule has 0 aliphatic carbocycles. The predicted octanol–water partition coefficient (Wildman–Crippen LogP) is 4.41. The van der Waals surface area contributed by atoms with Crippen molar-refractivity contribution in [2.45, 2.75) is 19.9 Å². The van der Waals surface area contributed by atoms with Gasteiger partial charge in [0.25, 0.3) is 5.78 Å². The molecule has 2 aromatic heterocycles. The molecule has 1 amide bonds. The number of ether oxygens (including phenoxy) is 1. The van der Waals surface area contributed by atoms with E-state index < -0.39 is 17.7 Å². The number of imidazole rings is 1. The number of hydrogen-bond acceptors (Lipinski definition) is 6. The van der Waals surface area contributed by atoms with Gasteiger partial charge in [-0.3, -0.25) is 14.5 Å². The number of carbonyl (C=O) groups excluding carboxylic acids is 2. The van der Waals surface area contributed by atoms with Crippen molar-refractivity contribution in [1.82, 2.24) is 9.97 Å². The molecule has 1 fully saturated rings. The van der Waals surface area contributed by atoms with Gasteiger partial charge in [0.15, 0.2) is 0 Å². The lowest BCUT2D eigenvalue weighted by atomic mass is 9.98. The summed E-state index contributed by atoms with van der Waals surface area (Å²) in [4.78, 5) is 35.3. The molecule has 0 saturated carbocycles. The van der Waals surface area contributed by atoms with Crippen LogP contribution < -0.4 is 9.64 Å². The van der Waals surface area contributed by atoms with Gasteiger partial charge in [0, 0.05) is 0 Å². The number of rotatable bonds is 4. The van der Waals surface area contributed by atoms with Crippen LogP contribution in [0.25, 0.3) is 16.8 Å². The summed E-state index contributed by atoms with van der Waals surface area (Å²) in [7, 11) is 1.47. The van der Waals surface area contributed by atoms with Gasteiger partial charge in [-0.2, -0.15) is 0 Å². The predicted molar refractivity (Wildman–Crippen MR) is 122 cm³/mol. The number of ketones is 1. The molecule has 1 atom stereocenters. The fourth-order valence-electron chi connectivity index (χ4n) is 4.14. The van der Waals surface area contributed by atoms with Gasteiger partial charge in [-0.1, -0.05) is 17.7 Å². The average molecular weight is 443 g/mol. The third-order valence-corrected chi connectivity index (χ3v) is 5.72. The van der Waals surface area contributed by atoms with Crippen molar-refractivity contribution >= 4 is 34.4 Å². The van der Waals surface area contributed by atoms with Crippen molar-refractivity contribution in [3.8, 4) is 5.75 Å². The molecular formula is C25H21N3O5. The van der Waals surface area contributed by atoms with E-state index in [4.69, 9.17) is 9.15 Å². The first kappa shape index (κ1) is 20.6. The number of Topliss-reactive ketones (excluding diaryl/α,β-unsaturated/α-hetero) is 1. The molecular weight excluding hydrogens is 422 g/mol. The number of hydrogen-bond donors (Lipinski definition) is 2. The number of aryl methyl sites for hydroxylation is 2. The molecule has 166 valence electrons. The molecule has 0 bridgehead atoms. The van der Waals surface area contributed by atoms with Crippen LogP contribution in [0.1, 0.15) is 28.5 Å². The van der Waals surface area contributed by atoms with Crippen molar-refractivity contribution in [2.24, 2.45) is 0 Å². The molecule has 1 aliphatic rings. The number of aromatic nitrogens is 2. The minimum Gasteiger partial charge on any atom is -0.507 e. The fraction of sp³-hybridized carbons (Fsp3) is 0.160. The largest absolute Gasteiger partial charge is 0.507 e. The number of aliphatic hydroxyl groups excluding tert-OH is 1. The molecule has 4 aromatic rings. The number of nitrogens with one attached hydrogen (secondary N) is 1. The fourth-order valence-corrected chi connectivity index (χ4v) is 4.14. The normalized spacial score (nSPS) is 17.8. The van der Waals surface area contributed by atoms with E-state index in [2.05, 4.69) is 9.97 Å². The molecule has 33 heavy (non-hydrogen) atoms. The van der Waals surface area contributed by atoms with Gasteiger partial charge in [0.1, 0.15) is 23.3 Å². The zero-order valence-electron chi connectivity index (χ0n) is 18.2. The van der Waals surface area contributed by atoms with Crippen LogP contribution in [0.15, 0.2) is 64.8 Å². The maximum absolute atomic E-state index is 13.2. The summed E-state index contributed by atoms with van der Waals surface area (Å²) in [5.74, 6) is -1.12. The number of anilines is 1. The smallest absolute Gasteiger partial charge is 0.302 e. The first-order valence-electron chi connectivity index (χ1n) is 10.3. The van der Waals surface area contributed by atoms with Crippen LogP contribution in [0.4, 0.5) is 5.95 Å². The van der Waals surface area contributed by atoms with Crippen molar-refractivity contribution in [1.29, 1.82) is 0 Å². The molecule has 3 heterocycles. The topological polar surface area (TPSA) is 109 Å². The first-order chi connectivity index (χ1) is 15.9. The van der Waals surface area contributed by atoms with Gasteiger partial charge in [-0.05, 0) is 55.8 Å². The lowest BCUT2D eigenvalue weighted by molar-refractivity contribution is -0.132. The Hall–Kier alpha value is -4.33. The maximum atomic E-state index is 13.2. The van der Waals surface area contributed by atoms with E-state index in [9.17, 15) is 14.7 Å². The van der Waals surface area contributed by atoms with Gasteiger partial charge in [-0.25, -0.2) is 4.98 Å². The van der Waals surface area contributed by atoms with Gasteiger partial charge < -0.3 is 19.2 Å². The monoisotopic (exact) mass is 443 g/mol. The maximum Gasteiger partial charge on any atom is 0.302 e. The number of H-pyrrole nitrogens is 1. The number of methoxy groups -OCH3 is 1. The molecule has 8 heteroatoms. The zero-order chi connectivity index (χ0) is 23.3. The Balaban J connectivity index is 1.74. The van der Waals surface area contributed by atoms with Gasteiger partial charge in [0.2, 0.25) is 5.95 Å². The third kappa shape index (κ3) is 3.27. The number of carbonyl (C=O) groups is 2. The number of fused-ring (bicyclic) bond motifs is 1. The van der Waals surface area contributed by atoms with E-state index in [1.807, 2.05) is 38.1 Å². The molecule has 0 radical (unpaired) electrons. The summed E-state index contributed by atoms with van der Waals surface area (Å²) in [6.45, 7) is 3.81. The molecule has 1 unspecified atom stereocenters. The number of aromatic amines is 1. The Labute approximate surface area is 189 Å². The number of nitrogens with zero attached hydrogens (tertiary/aromatic N) is 2. The highest BCUT2D eigenvalue weighted by Crippen LogP contribution is 2.43. The Kier molecular flexibility index (Phi) is 4.78.